The summed E-state index contributed by atoms with van der Waals surface area (Å²) < 4.78 is 44.2. The Labute approximate surface area is 155 Å². The lowest BCUT2D eigenvalue weighted by Crippen LogP contribution is -2.46. The molecule has 1 aromatic carbocycles. The van der Waals surface area contributed by atoms with Gasteiger partial charge in [0.25, 0.3) is 0 Å². The molecule has 1 amide bonds. The summed E-state index contributed by atoms with van der Waals surface area (Å²) in [7, 11) is 0. The maximum absolute atomic E-state index is 12.8. The summed E-state index contributed by atoms with van der Waals surface area (Å²) in [6.45, 7) is 1.23. The minimum absolute atomic E-state index is 0.0157. The molecule has 0 bridgehead atoms. The van der Waals surface area contributed by atoms with E-state index in [-0.39, 0.29) is 12.0 Å². The molecule has 2 heterocycles. The Bertz CT molecular complexity index is 768. The van der Waals surface area contributed by atoms with E-state index in [1.165, 1.54) is 6.07 Å². The first kappa shape index (κ1) is 19.3. The number of hydrogen-bond acceptors (Lipinski definition) is 4. The molecule has 1 aliphatic rings. The Morgan fingerprint density at radius 2 is 2.15 bits per heavy atom. The highest BCUT2D eigenvalue weighted by molar-refractivity contribution is 5.76. The number of amides is 1. The third-order valence-corrected chi connectivity index (χ3v) is 4.42. The number of carbonyl (C=O) groups excluding carboxylic acids is 1. The van der Waals surface area contributed by atoms with E-state index < -0.39 is 11.7 Å². The van der Waals surface area contributed by atoms with Gasteiger partial charge in [0.1, 0.15) is 0 Å². The second-order valence-electron chi connectivity index (χ2n) is 6.43. The van der Waals surface area contributed by atoms with Crippen molar-refractivity contribution in [3.8, 4) is 0 Å². The summed E-state index contributed by atoms with van der Waals surface area (Å²) in [4.78, 5) is 22.3. The molecule has 1 unspecified atom stereocenters. The third kappa shape index (κ3) is 5.50. The quantitative estimate of drug-likeness (QED) is 0.802. The van der Waals surface area contributed by atoms with Gasteiger partial charge in [-0.3, -0.25) is 14.8 Å². The maximum atomic E-state index is 12.8. The number of carbonyl (C=O) groups is 1. The van der Waals surface area contributed by atoms with Crippen LogP contribution in [-0.4, -0.2) is 46.6 Å². The van der Waals surface area contributed by atoms with Crippen LogP contribution in [0.2, 0.25) is 0 Å². The Balaban J connectivity index is 1.55. The molecule has 1 fully saturated rings. The van der Waals surface area contributed by atoms with Gasteiger partial charge in [-0.2, -0.15) is 13.2 Å². The highest BCUT2D eigenvalue weighted by Crippen LogP contribution is 2.30. The summed E-state index contributed by atoms with van der Waals surface area (Å²) in [6, 6.07) is 5.23. The van der Waals surface area contributed by atoms with E-state index in [0.29, 0.717) is 44.5 Å². The lowest BCUT2D eigenvalue weighted by atomic mass is 10.0. The summed E-state index contributed by atoms with van der Waals surface area (Å²) in [5.41, 5.74) is 0.621. The van der Waals surface area contributed by atoms with Crippen LogP contribution in [0.4, 0.5) is 13.2 Å². The van der Waals surface area contributed by atoms with Gasteiger partial charge < -0.3 is 9.64 Å². The average molecular weight is 379 g/mol. The van der Waals surface area contributed by atoms with Gasteiger partial charge in [0.2, 0.25) is 5.91 Å². The zero-order valence-corrected chi connectivity index (χ0v) is 14.7. The Hall–Kier alpha value is -2.48. The number of morpholine rings is 1. The lowest BCUT2D eigenvalue weighted by molar-refractivity contribution is -0.138. The molecule has 8 heteroatoms. The second-order valence-corrected chi connectivity index (χ2v) is 6.43. The van der Waals surface area contributed by atoms with Crippen molar-refractivity contribution in [2.24, 2.45) is 0 Å². The largest absolute Gasteiger partial charge is 0.416 e. The lowest BCUT2D eigenvalue weighted by Gasteiger charge is -2.33. The van der Waals surface area contributed by atoms with E-state index in [1.807, 2.05) is 0 Å². The maximum Gasteiger partial charge on any atom is 0.416 e. The number of rotatable bonds is 5. The number of hydrogen-bond donors (Lipinski definition) is 0. The van der Waals surface area contributed by atoms with Crippen LogP contribution in [-0.2, 0) is 28.5 Å². The predicted molar refractivity (Wildman–Crippen MR) is 91.8 cm³/mol. The summed E-state index contributed by atoms with van der Waals surface area (Å²) in [5.74, 6) is -0.0157. The van der Waals surface area contributed by atoms with Gasteiger partial charge in [-0.1, -0.05) is 18.2 Å². The normalized spacial score (nSPS) is 17.7. The van der Waals surface area contributed by atoms with Crippen LogP contribution >= 0.6 is 0 Å². The van der Waals surface area contributed by atoms with E-state index >= 15 is 0 Å². The van der Waals surface area contributed by atoms with Crippen molar-refractivity contribution in [1.82, 2.24) is 14.9 Å². The number of halogens is 3. The van der Waals surface area contributed by atoms with Crippen molar-refractivity contribution >= 4 is 5.91 Å². The predicted octanol–water partition coefficient (Wildman–Crippen LogP) is 2.90. The summed E-state index contributed by atoms with van der Waals surface area (Å²) in [5, 5.41) is 0. The average Bonchev–Trinajstić information content (AvgIpc) is 2.67. The fourth-order valence-corrected chi connectivity index (χ4v) is 3.06. The molecule has 1 atom stereocenters. The van der Waals surface area contributed by atoms with Crippen molar-refractivity contribution < 1.29 is 22.7 Å². The van der Waals surface area contributed by atoms with Crippen molar-refractivity contribution in [2.45, 2.75) is 31.5 Å². The molecule has 3 rings (SSSR count). The van der Waals surface area contributed by atoms with Crippen LogP contribution in [0.1, 0.15) is 23.2 Å². The molecule has 1 saturated heterocycles. The molecule has 5 nitrogen and oxygen atoms in total. The molecule has 1 aromatic heterocycles. The highest BCUT2D eigenvalue weighted by Gasteiger charge is 2.31. The minimum Gasteiger partial charge on any atom is -0.374 e. The molecule has 0 saturated carbocycles. The summed E-state index contributed by atoms with van der Waals surface area (Å²) in [6.07, 6.45) is 1.25. The fourth-order valence-electron chi connectivity index (χ4n) is 3.06. The van der Waals surface area contributed by atoms with Gasteiger partial charge in [-0.15, -0.1) is 0 Å². The highest BCUT2D eigenvalue weighted by atomic mass is 19.4. The van der Waals surface area contributed by atoms with Gasteiger partial charge in [0.05, 0.1) is 24.0 Å². The van der Waals surface area contributed by atoms with Crippen molar-refractivity contribution in [3.63, 3.8) is 0 Å². The second kappa shape index (κ2) is 8.47. The number of alkyl halides is 3. The van der Waals surface area contributed by atoms with Gasteiger partial charge >= 0.3 is 6.18 Å². The molecule has 27 heavy (non-hydrogen) atoms. The molecule has 0 N–H and O–H groups in total. The van der Waals surface area contributed by atoms with Crippen molar-refractivity contribution in [3.05, 3.63) is 59.7 Å². The van der Waals surface area contributed by atoms with E-state index in [1.54, 1.807) is 29.6 Å². The molecule has 1 aliphatic heterocycles. The minimum atomic E-state index is -4.37. The van der Waals surface area contributed by atoms with Crippen LogP contribution in [0.15, 0.2) is 42.9 Å². The number of nitrogens with zero attached hydrogens (tertiary/aromatic N) is 3. The first-order chi connectivity index (χ1) is 12.9. The number of ether oxygens (including phenoxy) is 1. The molecule has 0 aliphatic carbocycles. The number of aromatic nitrogens is 2. The van der Waals surface area contributed by atoms with Crippen molar-refractivity contribution in [2.75, 3.05) is 19.7 Å². The van der Waals surface area contributed by atoms with E-state index in [0.717, 1.165) is 17.8 Å². The number of aryl methyl sites for hydroxylation is 1. The summed E-state index contributed by atoms with van der Waals surface area (Å²) >= 11 is 0. The Morgan fingerprint density at radius 1 is 1.30 bits per heavy atom. The topological polar surface area (TPSA) is 55.3 Å². The SMILES string of the molecule is O=C(CCc1cnccn1)N1CCOC(Cc2cccc(C(F)(F)F)c2)C1. The zero-order chi connectivity index (χ0) is 19.3. The smallest absolute Gasteiger partial charge is 0.374 e. The Morgan fingerprint density at radius 3 is 2.89 bits per heavy atom. The van der Waals surface area contributed by atoms with Crippen molar-refractivity contribution in [1.29, 1.82) is 0 Å². The van der Waals surface area contributed by atoms with Gasteiger partial charge in [-0.05, 0) is 18.1 Å². The Kier molecular flexibility index (Phi) is 6.05. The molecular formula is C19H20F3N3O2. The molecule has 144 valence electrons. The first-order valence-corrected chi connectivity index (χ1v) is 8.72. The molecule has 0 spiro atoms. The number of benzene rings is 1. The first-order valence-electron chi connectivity index (χ1n) is 8.72. The van der Waals surface area contributed by atoms with Crippen LogP contribution in [0.5, 0.6) is 0 Å². The molecular weight excluding hydrogens is 359 g/mol. The van der Waals surface area contributed by atoms with Crippen LogP contribution in [0.25, 0.3) is 0 Å². The van der Waals surface area contributed by atoms with E-state index in [9.17, 15) is 18.0 Å². The monoisotopic (exact) mass is 379 g/mol. The standard InChI is InChI=1S/C19H20F3N3O2/c20-19(21,22)15-3-1-2-14(10-15)11-17-13-25(8-9-27-17)18(26)5-4-16-12-23-6-7-24-16/h1-3,6-7,10,12,17H,4-5,8-9,11,13H2. The van der Waals surface area contributed by atoms with Gasteiger partial charge in [0, 0.05) is 44.5 Å². The molecule has 0 radical (unpaired) electrons. The van der Waals surface area contributed by atoms with E-state index in [4.69, 9.17) is 4.74 Å². The fraction of sp³-hybridized carbons (Fsp3) is 0.421. The van der Waals surface area contributed by atoms with E-state index in [2.05, 4.69) is 9.97 Å². The van der Waals surface area contributed by atoms with Crippen LogP contribution in [0, 0.1) is 0 Å². The van der Waals surface area contributed by atoms with Crippen LogP contribution < -0.4 is 0 Å². The zero-order valence-electron chi connectivity index (χ0n) is 14.7. The molecule has 2 aromatic rings. The van der Waals surface area contributed by atoms with Gasteiger partial charge in [-0.25, -0.2) is 0 Å². The van der Waals surface area contributed by atoms with Crippen LogP contribution in [0.3, 0.4) is 0 Å². The third-order valence-electron chi connectivity index (χ3n) is 4.42. The van der Waals surface area contributed by atoms with Gasteiger partial charge in [0.15, 0.2) is 0 Å².